The molecule has 118 valence electrons. The van der Waals surface area contributed by atoms with E-state index in [4.69, 9.17) is 0 Å². The fraction of sp³-hybridized carbons (Fsp3) is 0.533. The SMILES string of the molecule is Cc1cc2c(=O)n(C)c(SCC(=O)N3CCCCC3)nc2s1. The molecule has 0 atom stereocenters. The van der Waals surface area contributed by atoms with Crippen LogP contribution < -0.4 is 5.56 Å². The second kappa shape index (κ2) is 6.42. The number of rotatable bonds is 3. The third kappa shape index (κ3) is 3.05. The molecule has 3 rings (SSSR count). The van der Waals surface area contributed by atoms with E-state index in [2.05, 4.69) is 4.98 Å². The lowest BCUT2D eigenvalue weighted by atomic mass is 10.1. The number of thioether (sulfide) groups is 1. The van der Waals surface area contributed by atoms with Crippen LogP contribution in [0.25, 0.3) is 10.2 Å². The van der Waals surface area contributed by atoms with Crippen molar-refractivity contribution in [1.82, 2.24) is 14.5 Å². The van der Waals surface area contributed by atoms with Crippen LogP contribution >= 0.6 is 23.1 Å². The van der Waals surface area contributed by atoms with Gasteiger partial charge in [-0.25, -0.2) is 4.98 Å². The van der Waals surface area contributed by atoms with E-state index in [0.29, 0.717) is 16.3 Å². The second-order valence-corrected chi connectivity index (χ2v) is 7.74. The minimum absolute atomic E-state index is 0.0396. The van der Waals surface area contributed by atoms with Gasteiger partial charge >= 0.3 is 0 Å². The van der Waals surface area contributed by atoms with Gasteiger partial charge in [0.2, 0.25) is 5.91 Å². The molecule has 0 aromatic carbocycles. The molecule has 1 amide bonds. The van der Waals surface area contributed by atoms with Crippen LogP contribution in [-0.4, -0.2) is 39.2 Å². The highest BCUT2D eigenvalue weighted by Crippen LogP contribution is 2.24. The molecular formula is C15H19N3O2S2. The highest BCUT2D eigenvalue weighted by molar-refractivity contribution is 7.99. The summed E-state index contributed by atoms with van der Waals surface area (Å²) in [6.07, 6.45) is 3.39. The van der Waals surface area contributed by atoms with Crippen molar-refractivity contribution in [1.29, 1.82) is 0 Å². The smallest absolute Gasteiger partial charge is 0.262 e. The fourth-order valence-electron chi connectivity index (χ4n) is 2.66. The summed E-state index contributed by atoms with van der Waals surface area (Å²) in [7, 11) is 1.72. The number of fused-ring (bicyclic) bond motifs is 1. The van der Waals surface area contributed by atoms with Crippen molar-refractivity contribution in [3.05, 3.63) is 21.3 Å². The standard InChI is InChI=1S/C15H19N3O2S2/c1-10-8-11-13(22-10)16-15(17(2)14(11)20)21-9-12(19)18-6-4-3-5-7-18/h8H,3-7,9H2,1-2H3. The molecule has 0 aliphatic carbocycles. The van der Waals surface area contributed by atoms with Gasteiger partial charge in [0.25, 0.3) is 5.56 Å². The highest BCUT2D eigenvalue weighted by Gasteiger charge is 2.18. The maximum absolute atomic E-state index is 12.3. The van der Waals surface area contributed by atoms with Crippen LogP contribution in [0.15, 0.2) is 16.0 Å². The molecule has 3 heterocycles. The van der Waals surface area contributed by atoms with E-state index < -0.39 is 0 Å². The molecule has 7 heteroatoms. The van der Waals surface area contributed by atoms with Gasteiger partial charge in [0.15, 0.2) is 5.16 Å². The molecule has 2 aromatic rings. The Morgan fingerprint density at radius 3 is 2.82 bits per heavy atom. The number of aromatic nitrogens is 2. The number of aryl methyl sites for hydroxylation is 1. The molecule has 0 radical (unpaired) electrons. The van der Waals surface area contributed by atoms with Crippen molar-refractivity contribution in [2.45, 2.75) is 31.3 Å². The van der Waals surface area contributed by atoms with Gasteiger partial charge < -0.3 is 4.90 Å². The van der Waals surface area contributed by atoms with Crippen LogP contribution in [0, 0.1) is 6.92 Å². The van der Waals surface area contributed by atoms with Crippen LogP contribution in [0.3, 0.4) is 0 Å². The summed E-state index contributed by atoms with van der Waals surface area (Å²) in [5.74, 6) is 0.484. The summed E-state index contributed by atoms with van der Waals surface area (Å²) in [4.78, 5) is 32.9. The molecule has 0 spiro atoms. The molecule has 1 aliphatic heterocycles. The zero-order valence-electron chi connectivity index (χ0n) is 12.8. The number of hydrogen-bond donors (Lipinski definition) is 0. The highest BCUT2D eigenvalue weighted by atomic mass is 32.2. The molecular weight excluding hydrogens is 318 g/mol. The third-order valence-electron chi connectivity index (χ3n) is 3.89. The first kappa shape index (κ1) is 15.6. The van der Waals surface area contributed by atoms with E-state index in [-0.39, 0.29) is 11.5 Å². The number of carbonyl (C=O) groups is 1. The number of piperidine rings is 1. The number of hydrogen-bond acceptors (Lipinski definition) is 5. The summed E-state index contributed by atoms with van der Waals surface area (Å²) in [6, 6.07) is 1.88. The number of carbonyl (C=O) groups excluding carboxylic acids is 1. The molecule has 0 saturated carbocycles. The van der Waals surface area contributed by atoms with Crippen LogP contribution in [0.1, 0.15) is 24.1 Å². The lowest BCUT2D eigenvalue weighted by molar-refractivity contribution is -0.129. The number of likely N-dealkylation sites (tertiary alicyclic amines) is 1. The molecule has 1 saturated heterocycles. The minimum Gasteiger partial charge on any atom is -0.342 e. The van der Waals surface area contributed by atoms with Gasteiger partial charge in [-0.15, -0.1) is 11.3 Å². The summed E-state index contributed by atoms with van der Waals surface area (Å²) in [6.45, 7) is 3.68. The Hall–Kier alpha value is -1.34. The fourth-order valence-corrected chi connectivity index (χ4v) is 4.45. The largest absolute Gasteiger partial charge is 0.342 e. The lowest BCUT2D eigenvalue weighted by Crippen LogP contribution is -2.36. The maximum atomic E-state index is 12.3. The summed E-state index contributed by atoms with van der Waals surface area (Å²) < 4.78 is 1.54. The van der Waals surface area contributed by atoms with Crippen molar-refractivity contribution >= 4 is 39.2 Å². The molecule has 5 nitrogen and oxygen atoms in total. The van der Waals surface area contributed by atoms with Crippen LogP contribution in [0.2, 0.25) is 0 Å². The average Bonchev–Trinajstić information content (AvgIpc) is 2.90. The van der Waals surface area contributed by atoms with Crippen LogP contribution in [-0.2, 0) is 11.8 Å². The molecule has 1 aliphatic rings. The Kier molecular flexibility index (Phi) is 4.54. The molecule has 0 N–H and O–H groups in total. The molecule has 22 heavy (non-hydrogen) atoms. The van der Waals surface area contributed by atoms with E-state index in [1.807, 2.05) is 17.9 Å². The van der Waals surface area contributed by atoms with Crippen LogP contribution in [0.4, 0.5) is 0 Å². The first-order valence-electron chi connectivity index (χ1n) is 7.44. The van der Waals surface area contributed by atoms with E-state index in [1.165, 1.54) is 29.5 Å². The Morgan fingerprint density at radius 1 is 1.36 bits per heavy atom. The van der Waals surface area contributed by atoms with Gasteiger partial charge in [-0.05, 0) is 32.3 Å². The van der Waals surface area contributed by atoms with Gasteiger partial charge in [0.05, 0.1) is 11.1 Å². The number of thiophene rings is 1. The zero-order chi connectivity index (χ0) is 15.7. The van der Waals surface area contributed by atoms with E-state index in [1.54, 1.807) is 11.6 Å². The Morgan fingerprint density at radius 2 is 2.09 bits per heavy atom. The molecule has 2 aromatic heterocycles. The van der Waals surface area contributed by atoms with Crippen molar-refractivity contribution in [3.8, 4) is 0 Å². The quantitative estimate of drug-likeness (QED) is 0.637. The molecule has 0 bridgehead atoms. The Labute approximate surface area is 137 Å². The monoisotopic (exact) mass is 337 g/mol. The molecule has 0 unspecified atom stereocenters. The first-order chi connectivity index (χ1) is 10.6. The zero-order valence-corrected chi connectivity index (χ0v) is 14.4. The van der Waals surface area contributed by atoms with Crippen molar-refractivity contribution < 1.29 is 4.79 Å². The third-order valence-corrected chi connectivity index (χ3v) is 5.85. The van der Waals surface area contributed by atoms with Gasteiger partial charge in [0.1, 0.15) is 4.83 Å². The van der Waals surface area contributed by atoms with Gasteiger partial charge in [0, 0.05) is 25.0 Å². The second-order valence-electron chi connectivity index (χ2n) is 5.56. The Balaban J connectivity index is 1.77. The van der Waals surface area contributed by atoms with Gasteiger partial charge in [-0.1, -0.05) is 11.8 Å². The number of amides is 1. The van der Waals surface area contributed by atoms with E-state index in [0.717, 1.165) is 35.6 Å². The maximum Gasteiger partial charge on any atom is 0.262 e. The van der Waals surface area contributed by atoms with E-state index >= 15 is 0 Å². The van der Waals surface area contributed by atoms with Crippen LogP contribution in [0.5, 0.6) is 0 Å². The topological polar surface area (TPSA) is 55.2 Å². The summed E-state index contributed by atoms with van der Waals surface area (Å²) in [5.41, 5.74) is -0.0396. The van der Waals surface area contributed by atoms with Gasteiger partial charge in [-0.3, -0.25) is 14.2 Å². The normalized spacial score (nSPS) is 15.5. The average molecular weight is 337 g/mol. The molecule has 1 fully saturated rings. The van der Waals surface area contributed by atoms with Crippen molar-refractivity contribution in [2.75, 3.05) is 18.8 Å². The first-order valence-corrected chi connectivity index (χ1v) is 9.24. The Bertz CT molecular complexity index is 760. The predicted molar refractivity (Wildman–Crippen MR) is 90.8 cm³/mol. The summed E-state index contributed by atoms with van der Waals surface area (Å²) >= 11 is 2.87. The lowest BCUT2D eigenvalue weighted by Gasteiger charge is -2.26. The van der Waals surface area contributed by atoms with Crippen molar-refractivity contribution in [3.63, 3.8) is 0 Å². The number of nitrogens with zero attached hydrogens (tertiary/aromatic N) is 3. The minimum atomic E-state index is -0.0396. The predicted octanol–water partition coefficient (Wildman–Crippen LogP) is 2.41. The van der Waals surface area contributed by atoms with Gasteiger partial charge in [-0.2, -0.15) is 0 Å². The van der Waals surface area contributed by atoms with E-state index in [9.17, 15) is 9.59 Å². The van der Waals surface area contributed by atoms with Crippen molar-refractivity contribution in [2.24, 2.45) is 7.05 Å². The summed E-state index contributed by atoms with van der Waals surface area (Å²) in [5, 5.41) is 1.28.